The van der Waals surface area contributed by atoms with E-state index < -0.39 is 11.6 Å². The standard InChI is InChI=1S/C18H20N2O4S/c1-18(14(25)8-11-20(18)17(23)24)9-4-5-10-19-15(21)12-6-2-3-7-13(12)16(19)22/h2-3,6-7H,4-5,8-11H2,1H3,(H,23,24). The zero-order valence-electron chi connectivity index (χ0n) is 14.0. The molecule has 0 radical (unpaired) electrons. The molecule has 3 amide bonds. The molecular weight excluding hydrogens is 340 g/mol. The molecule has 1 unspecified atom stereocenters. The zero-order valence-corrected chi connectivity index (χ0v) is 14.8. The highest BCUT2D eigenvalue weighted by Gasteiger charge is 2.43. The number of thiocarbonyl (C=S) groups is 1. The van der Waals surface area contributed by atoms with E-state index in [0.717, 1.165) is 4.86 Å². The number of rotatable bonds is 5. The van der Waals surface area contributed by atoms with Crippen molar-refractivity contribution in [1.82, 2.24) is 9.80 Å². The molecule has 0 aliphatic carbocycles. The van der Waals surface area contributed by atoms with Crippen LogP contribution in [0.3, 0.4) is 0 Å². The summed E-state index contributed by atoms with van der Waals surface area (Å²) in [6.07, 6.45) is 1.56. The van der Waals surface area contributed by atoms with Gasteiger partial charge in [-0.3, -0.25) is 19.4 Å². The molecule has 1 N–H and O–H groups in total. The van der Waals surface area contributed by atoms with Crippen molar-refractivity contribution in [2.75, 3.05) is 13.1 Å². The van der Waals surface area contributed by atoms with E-state index in [4.69, 9.17) is 12.2 Å². The van der Waals surface area contributed by atoms with Gasteiger partial charge in [0, 0.05) is 18.0 Å². The van der Waals surface area contributed by atoms with Crippen LogP contribution in [0.15, 0.2) is 24.3 Å². The zero-order chi connectivity index (χ0) is 18.2. The molecular formula is C18H20N2O4S. The fraction of sp³-hybridized carbons (Fsp3) is 0.444. The molecule has 3 rings (SSSR count). The first-order valence-electron chi connectivity index (χ1n) is 8.35. The number of imide groups is 1. The summed E-state index contributed by atoms with van der Waals surface area (Å²) in [5.41, 5.74) is 0.269. The van der Waals surface area contributed by atoms with Gasteiger partial charge in [-0.15, -0.1) is 0 Å². The third-order valence-electron chi connectivity index (χ3n) is 5.16. The number of nitrogens with zero attached hydrogens (tertiary/aromatic N) is 2. The average Bonchev–Trinajstić information content (AvgIpc) is 3.01. The minimum absolute atomic E-state index is 0.254. The van der Waals surface area contributed by atoms with Gasteiger partial charge >= 0.3 is 6.09 Å². The molecule has 0 saturated carbocycles. The van der Waals surface area contributed by atoms with Crippen LogP contribution in [-0.4, -0.2) is 56.3 Å². The van der Waals surface area contributed by atoms with Gasteiger partial charge in [0.2, 0.25) is 0 Å². The van der Waals surface area contributed by atoms with Crippen molar-refractivity contribution in [3.05, 3.63) is 35.4 Å². The maximum absolute atomic E-state index is 12.3. The van der Waals surface area contributed by atoms with Crippen LogP contribution >= 0.6 is 12.2 Å². The number of unbranched alkanes of at least 4 members (excludes halogenated alkanes) is 1. The molecule has 7 heteroatoms. The van der Waals surface area contributed by atoms with E-state index in [2.05, 4.69) is 0 Å². The van der Waals surface area contributed by atoms with E-state index in [1.165, 1.54) is 9.80 Å². The summed E-state index contributed by atoms with van der Waals surface area (Å²) in [4.78, 5) is 39.4. The third kappa shape index (κ3) is 2.93. The number of hydrogen-bond acceptors (Lipinski definition) is 4. The van der Waals surface area contributed by atoms with E-state index in [1.807, 2.05) is 6.92 Å². The average molecular weight is 360 g/mol. The van der Waals surface area contributed by atoms with Crippen molar-refractivity contribution < 1.29 is 19.5 Å². The third-order valence-corrected chi connectivity index (χ3v) is 5.81. The van der Waals surface area contributed by atoms with Gasteiger partial charge in [-0.05, 0) is 44.7 Å². The van der Waals surface area contributed by atoms with E-state index in [1.54, 1.807) is 24.3 Å². The van der Waals surface area contributed by atoms with Crippen LogP contribution in [0.5, 0.6) is 0 Å². The van der Waals surface area contributed by atoms with Crippen LogP contribution in [-0.2, 0) is 0 Å². The Morgan fingerprint density at radius 2 is 1.80 bits per heavy atom. The lowest BCUT2D eigenvalue weighted by molar-refractivity contribution is 0.0650. The first-order chi connectivity index (χ1) is 11.9. The number of carbonyl (C=O) groups excluding carboxylic acids is 2. The summed E-state index contributed by atoms with van der Waals surface area (Å²) in [5.74, 6) is -0.509. The molecule has 1 aromatic rings. The highest BCUT2D eigenvalue weighted by Crippen LogP contribution is 2.32. The van der Waals surface area contributed by atoms with Crippen molar-refractivity contribution in [2.24, 2.45) is 0 Å². The second-order valence-corrected chi connectivity index (χ2v) is 7.14. The summed E-state index contributed by atoms with van der Waals surface area (Å²) in [6.45, 7) is 2.63. The second-order valence-electron chi connectivity index (χ2n) is 6.65. The fourth-order valence-corrected chi connectivity index (χ4v) is 3.95. The predicted molar refractivity (Wildman–Crippen MR) is 96.0 cm³/mol. The van der Waals surface area contributed by atoms with Crippen LogP contribution in [0.4, 0.5) is 4.79 Å². The minimum Gasteiger partial charge on any atom is -0.465 e. The van der Waals surface area contributed by atoms with Gasteiger partial charge in [0.25, 0.3) is 11.8 Å². The van der Waals surface area contributed by atoms with Crippen molar-refractivity contribution in [2.45, 2.75) is 38.1 Å². The summed E-state index contributed by atoms with van der Waals surface area (Å²) >= 11 is 5.37. The molecule has 1 saturated heterocycles. The van der Waals surface area contributed by atoms with Crippen molar-refractivity contribution >= 4 is 35.0 Å². The number of carboxylic acid groups (broad SMARTS) is 1. The first-order valence-corrected chi connectivity index (χ1v) is 8.76. The number of likely N-dealkylation sites (tertiary alicyclic amines) is 1. The molecule has 2 aliphatic rings. The molecule has 1 fully saturated rings. The van der Waals surface area contributed by atoms with Gasteiger partial charge in [-0.1, -0.05) is 24.4 Å². The van der Waals surface area contributed by atoms with E-state index in [0.29, 0.717) is 49.9 Å². The second kappa shape index (κ2) is 6.55. The Kier molecular flexibility index (Phi) is 4.60. The molecule has 6 nitrogen and oxygen atoms in total. The first kappa shape index (κ1) is 17.5. The summed E-state index contributed by atoms with van der Waals surface area (Å²) < 4.78 is 0. The van der Waals surface area contributed by atoms with Crippen molar-refractivity contribution in [3.8, 4) is 0 Å². The maximum atomic E-state index is 12.3. The number of hydrogen-bond donors (Lipinski definition) is 1. The Hall–Kier alpha value is -2.28. The summed E-state index contributed by atoms with van der Waals surface area (Å²) in [6, 6.07) is 6.82. The molecule has 1 aromatic carbocycles. The number of benzene rings is 1. The molecule has 132 valence electrons. The molecule has 0 aromatic heterocycles. The van der Waals surface area contributed by atoms with E-state index >= 15 is 0 Å². The lowest BCUT2D eigenvalue weighted by atomic mass is 9.92. The fourth-order valence-electron chi connectivity index (χ4n) is 3.64. The highest BCUT2D eigenvalue weighted by atomic mass is 32.1. The molecule has 2 aliphatic heterocycles. The van der Waals surface area contributed by atoms with Crippen LogP contribution in [0.1, 0.15) is 53.3 Å². The van der Waals surface area contributed by atoms with E-state index in [9.17, 15) is 19.5 Å². The Bertz CT molecular complexity index is 728. The van der Waals surface area contributed by atoms with Gasteiger partial charge in [0.1, 0.15) is 0 Å². The number of carbonyl (C=O) groups is 3. The van der Waals surface area contributed by atoms with Crippen molar-refractivity contribution in [1.29, 1.82) is 0 Å². The Labute approximate surface area is 151 Å². The quantitative estimate of drug-likeness (QED) is 0.496. The summed E-state index contributed by atoms with van der Waals surface area (Å²) in [7, 11) is 0. The van der Waals surface area contributed by atoms with Crippen LogP contribution in [0, 0.1) is 0 Å². The maximum Gasteiger partial charge on any atom is 0.408 e. The van der Waals surface area contributed by atoms with Gasteiger partial charge in [-0.2, -0.15) is 0 Å². The summed E-state index contributed by atoms with van der Waals surface area (Å²) in [5, 5.41) is 9.33. The monoisotopic (exact) mass is 360 g/mol. The smallest absolute Gasteiger partial charge is 0.408 e. The minimum atomic E-state index is -0.956. The Balaban J connectivity index is 1.58. The van der Waals surface area contributed by atoms with Gasteiger partial charge < -0.3 is 5.11 Å². The molecule has 0 spiro atoms. The van der Waals surface area contributed by atoms with Gasteiger partial charge in [-0.25, -0.2) is 4.79 Å². The van der Waals surface area contributed by atoms with Crippen LogP contribution in [0.2, 0.25) is 0 Å². The SMILES string of the molecule is CC1(CCCCN2C(=O)c3ccccc3C2=O)C(=S)CCN1C(=O)O. The normalized spacial score (nSPS) is 22.7. The van der Waals surface area contributed by atoms with Gasteiger partial charge in [0.15, 0.2) is 0 Å². The Morgan fingerprint density at radius 3 is 2.36 bits per heavy atom. The van der Waals surface area contributed by atoms with E-state index in [-0.39, 0.29) is 11.8 Å². The molecule has 25 heavy (non-hydrogen) atoms. The lowest BCUT2D eigenvalue weighted by Gasteiger charge is -2.33. The highest BCUT2D eigenvalue weighted by molar-refractivity contribution is 7.80. The Morgan fingerprint density at radius 1 is 1.20 bits per heavy atom. The lowest BCUT2D eigenvalue weighted by Crippen LogP contribution is -2.47. The molecule has 0 bridgehead atoms. The van der Waals surface area contributed by atoms with Crippen molar-refractivity contribution in [3.63, 3.8) is 0 Å². The van der Waals surface area contributed by atoms with Crippen LogP contribution in [0.25, 0.3) is 0 Å². The molecule has 2 heterocycles. The van der Waals surface area contributed by atoms with Gasteiger partial charge in [0.05, 0.1) is 16.7 Å². The van der Waals surface area contributed by atoms with Crippen LogP contribution < -0.4 is 0 Å². The number of amides is 3. The molecule has 1 atom stereocenters. The number of fused-ring (bicyclic) bond motifs is 1. The topological polar surface area (TPSA) is 77.9 Å². The predicted octanol–water partition coefficient (Wildman–Crippen LogP) is 2.97. The largest absolute Gasteiger partial charge is 0.465 e.